The molecule has 0 aromatic carbocycles. The predicted molar refractivity (Wildman–Crippen MR) is 85.4 cm³/mol. The first-order valence-corrected chi connectivity index (χ1v) is 9.50. The molecule has 0 saturated carbocycles. The summed E-state index contributed by atoms with van der Waals surface area (Å²) in [6, 6.07) is -0.376. The minimum absolute atomic E-state index is 0.00362. The van der Waals surface area contributed by atoms with Crippen molar-refractivity contribution in [3.8, 4) is 0 Å². The Morgan fingerprint density at radius 2 is 2.15 bits per heavy atom. The van der Waals surface area contributed by atoms with Crippen molar-refractivity contribution in [2.45, 2.75) is 31.2 Å². The van der Waals surface area contributed by atoms with Crippen LogP contribution in [0.1, 0.15) is 24.8 Å². The monoisotopic (exact) mass is 354 g/mol. The van der Waals surface area contributed by atoms with Crippen LogP contribution in [0.25, 0.3) is 0 Å². The second kappa shape index (κ2) is 6.08. The van der Waals surface area contributed by atoms with Gasteiger partial charge in [-0.15, -0.1) is 21.8 Å². The van der Waals surface area contributed by atoms with Gasteiger partial charge in [0.15, 0.2) is 14.9 Å². The number of nitrogens with one attached hydrogen (secondary N) is 2. The second-order valence-corrected chi connectivity index (χ2v) is 9.03. The second-order valence-electron chi connectivity index (χ2n) is 4.90. The van der Waals surface area contributed by atoms with Gasteiger partial charge >= 0.3 is 0 Å². The number of hydrogen-bond acceptors (Lipinski definition) is 6. The fourth-order valence-corrected chi connectivity index (χ4v) is 5.37. The van der Waals surface area contributed by atoms with Crippen LogP contribution in [0.3, 0.4) is 0 Å². The Bertz CT molecular complexity index is 601. The van der Waals surface area contributed by atoms with E-state index in [9.17, 15) is 8.42 Å². The summed E-state index contributed by atoms with van der Waals surface area (Å²) in [5.41, 5.74) is 0. The molecule has 0 bridgehead atoms. The number of aromatic nitrogens is 2. The zero-order valence-electron chi connectivity index (χ0n) is 11.0. The minimum Gasteiger partial charge on any atom is -0.357 e. The van der Waals surface area contributed by atoms with E-state index in [4.69, 9.17) is 23.8 Å². The van der Waals surface area contributed by atoms with Crippen LogP contribution in [0, 0.1) is 0 Å². The van der Waals surface area contributed by atoms with E-state index >= 15 is 0 Å². The summed E-state index contributed by atoms with van der Waals surface area (Å²) < 4.78 is 22.9. The van der Waals surface area contributed by atoms with Gasteiger partial charge in [0.25, 0.3) is 0 Å². The molecule has 1 fully saturated rings. The SMILES string of the molecule is CC(C)c1nnc(NC(=S)N[C@@H]2CS(=O)(=O)C[C@@H]2Cl)s1. The number of alkyl halides is 1. The molecule has 0 radical (unpaired) electrons. The zero-order chi connectivity index (χ0) is 14.9. The van der Waals surface area contributed by atoms with E-state index in [2.05, 4.69) is 20.8 Å². The van der Waals surface area contributed by atoms with Crippen LogP contribution in [0.2, 0.25) is 0 Å². The molecule has 2 rings (SSSR count). The van der Waals surface area contributed by atoms with Crippen LogP contribution in [-0.2, 0) is 9.84 Å². The Labute approximate surface area is 132 Å². The molecule has 1 aliphatic rings. The summed E-state index contributed by atoms with van der Waals surface area (Å²) in [4.78, 5) is 0. The third-order valence-corrected chi connectivity index (χ3v) is 6.49. The molecule has 2 atom stereocenters. The third kappa shape index (κ3) is 4.00. The fraction of sp³-hybridized carbons (Fsp3) is 0.700. The standard InChI is InChI=1S/C10H15ClN4O2S3/c1-5(2)8-14-15-10(19-8)13-9(18)12-7-4-20(16,17)3-6(7)11/h5-7H,3-4H2,1-2H3,(H2,12,13,15,18)/t6-,7+/m0/s1. The van der Waals surface area contributed by atoms with Crippen LogP contribution in [0.5, 0.6) is 0 Å². The maximum Gasteiger partial charge on any atom is 0.211 e. The van der Waals surface area contributed by atoms with E-state index in [1.54, 1.807) is 0 Å². The van der Waals surface area contributed by atoms with Crippen LogP contribution >= 0.6 is 35.2 Å². The largest absolute Gasteiger partial charge is 0.357 e. The minimum atomic E-state index is -3.08. The van der Waals surface area contributed by atoms with Gasteiger partial charge in [-0.1, -0.05) is 25.2 Å². The molecule has 1 aromatic rings. The van der Waals surface area contributed by atoms with Gasteiger partial charge in [-0.3, -0.25) is 0 Å². The Kier molecular flexibility index (Phi) is 4.83. The summed E-state index contributed by atoms with van der Waals surface area (Å²) in [5.74, 6) is 0.276. The zero-order valence-corrected chi connectivity index (χ0v) is 14.2. The molecular formula is C10H15ClN4O2S3. The van der Waals surface area contributed by atoms with Crippen LogP contribution in [0.4, 0.5) is 5.13 Å². The molecule has 0 spiro atoms. The van der Waals surface area contributed by atoms with Gasteiger partial charge in [-0.05, 0) is 12.2 Å². The highest BCUT2D eigenvalue weighted by Crippen LogP contribution is 2.22. The lowest BCUT2D eigenvalue weighted by atomic mass is 10.2. The molecule has 0 amide bonds. The summed E-state index contributed by atoms with van der Waals surface area (Å²) >= 11 is 12.6. The van der Waals surface area contributed by atoms with E-state index in [1.165, 1.54) is 11.3 Å². The summed E-state index contributed by atoms with van der Waals surface area (Å²) in [5, 5.41) is 15.2. The summed E-state index contributed by atoms with van der Waals surface area (Å²) in [6.45, 7) is 4.06. The maximum atomic E-state index is 11.5. The molecule has 112 valence electrons. The molecule has 0 unspecified atom stereocenters. The van der Waals surface area contributed by atoms with Crippen molar-refractivity contribution in [2.75, 3.05) is 16.8 Å². The van der Waals surface area contributed by atoms with Crippen molar-refractivity contribution in [3.05, 3.63) is 5.01 Å². The Morgan fingerprint density at radius 3 is 2.65 bits per heavy atom. The molecule has 1 aliphatic heterocycles. The van der Waals surface area contributed by atoms with E-state index < -0.39 is 15.2 Å². The number of halogens is 1. The number of thiocarbonyl (C=S) groups is 1. The summed E-state index contributed by atoms with van der Waals surface area (Å²) in [7, 11) is -3.08. The highest BCUT2D eigenvalue weighted by Gasteiger charge is 2.36. The molecule has 20 heavy (non-hydrogen) atoms. The van der Waals surface area contributed by atoms with Crippen molar-refractivity contribution in [2.24, 2.45) is 0 Å². The molecule has 0 aliphatic carbocycles. The maximum absolute atomic E-state index is 11.5. The average molecular weight is 355 g/mol. The molecule has 1 saturated heterocycles. The van der Waals surface area contributed by atoms with E-state index in [1.807, 2.05) is 13.8 Å². The predicted octanol–water partition coefficient (Wildman–Crippen LogP) is 1.35. The number of nitrogens with zero attached hydrogens (tertiary/aromatic N) is 2. The van der Waals surface area contributed by atoms with Crippen LogP contribution in [0.15, 0.2) is 0 Å². The first-order chi connectivity index (χ1) is 9.27. The normalized spacial score (nSPS) is 24.8. The Balaban J connectivity index is 1.92. The van der Waals surface area contributed by atoms with Gasteiger partial charge in [-0.2, -0.15) is 0 Å². The average Bonchev–Trinajstić information content (AvgIpc) is 2.84. The van der Waals surface area contributed by atoms with Crippen LogP contribution in [-0.4, -0.2) is 46.7 Å². The fourth-order valence-electron chi connectivity index (χ4n) is 1.76. The van der Waals surface area contributed by atoms with Crippen LogP contribution < -0.4 is 10.6 Å². The lowest BCUT2D eigenvalue weighted by Gasteiger charge is -2.16. The van der Waals surface area contributed by atoms with Gasteiger partial charge in [0.2, 0.25) is 5.13 Å². The topological polar surface area (TPSA) is 84.0 Å². The number of sulfone groups is 1. The Hall–Kier alpha value is -0.510. The molecule has 10 heteroatoms. The molecule has 6 nitrogen and oxygen atoms in total. The van der Waals surface area contributed by atoms with Gasteiger partial charge in [0.05, 0.1) is 22.9 Å². The van der Waals surface area contributed by atoms with E-state index in [0.717, 1.165) is 5.01 Å². The van der Waals surface area contributed by atoms with Crippen molar-refractivity contribution < 1.29 is 8.42 Å². The smallest absolute Gasteiger partial charge is 0.211 e. The highest BCUT2D eigenvalue weighted by molar-refractivity contribution is 7.91. The number of anilines is 1. The Morgan fingerprint density at radius 1 is 1.45 bits per heavy atom. The lowest BCUT2D eigenvalue weighted by Crippen LogP contribution is -2.42. The van der Waals surface area contributed by atoms with Crippen molar-refractivity contribution >= 4 is 55.2 Å². The highest BCUT2D eigenvalue weighted by atomic mass is 35.5. The van der Waals surface area contributed by atoms with E-state index in [0.29, 0.717) is 16.2 Å². The first-order valence-electron chi connectivity index (χ1n) is 6.02. The first kappa shape index (κ1) is 15.9. The molecule has 2 N–H and O–H groups in total. The molecular weight excluding hydrogens is 340 g/mol. The van der Waals surface area contributed by atoms with Gasteiger partial charge < -0.3 is 10.6 Å². The molecule has 2 heterocycles. The quantitative estimate of drug-likeness (QED) is 0.626. The number of rotatable bonds is 3. The van der Waals surface area contributed by atoms with Gasteiger partial charge in [0.1, 0.15) is 5.01 Å². The van der Waals surface area contributed by atoms with E-state index in [-0.39, 0.29) is 17.5 Å². The van der Waals surface area contributed by atoms with Crippen molar-refractivity contribution in [1.29, 1.82) is 0 Å². The lowest BCUT2D eigenvalue weighted by molar-refractivity contribution is 0.600. The number of hydrogen-bond donors (Lipinski definition) is 2. The van der Waals surface area contributed by atoms with Crippen molar-refractivity contribution in [1.82, 2.24) is 15.5 Å². The third-order valence-electron chi connectivity index (χ3n) is 2.75. The molecule has 1 aromatic heterocycles. The van der Waals surface area contributed by atoms with Gasteiger partial charge in [0, 0.05) is 5.92 Å². The van der Waals surface area contributed by atoms with Gasteiger partial charge in [-0.25, -0.2) is 8.42 Å². The summed E-state index contributed by atoms with van der Waals surface area (Å²) in [6.07, 6.45) is 0. The van der Waals surface area contributed by atoms with Crippen molar-refractivity contribution in [3.63, 3.8) is 0 Å².